The number of carbonyl (C=O) groups excluding carboxylic acids is 2. The van der Waals surface area contributed by atoms with Crippen molar-refractivity contribution in [3.8, 4) is 11.5 Å². The highest BCUT2D eigenvalue weighted by Gasteiger charge is 2.47. The molecule has 5 rings (SSSR count). The first-order chi connectivity index (χ1) is 18.1. The van der Waals surface area contributed by atoms with Gasteiger partial charge in [0.2, 0.25) is 0 Å². The van der Waals surface area contributed by atoms with Gasteiger partial charge in [-0.3, -0.25) is 24.6 Å². The van der Waals surface area contributed by atoms with Gasteiger partial charge in [-0.25, -0.2) is 0 Å². The minimum absolute atomic E-state index is 0.0654. The van der Waals surface area contributed by atoms with Crippen LogP contribution in [-0.2, 0) is 15.0 Å². The predicted octanol–water partition coefficient (Wildman–Crippen LogP) is 5.29. The van der Waals surface area contributed by atoms with Crippen LogP contribution in [0.25, 0.3) is 5.76 Å². The van der Waals surface area contributed by atoms with Gasteiger partial charge in [0.1, 0.15) is 19.0 Å². The fourth-order valence-corrected chi connectivity index (χ4v) is 4.68. The van der Waals surface area contributed by atoms with Gasteiger partial charge in [0.15, 0.2) is 11.5 Å². The molecule has 1 N–H and O–H groups in total. The third kappa shape index (κ3) is 4.36. The van der Waals surface area contributed by atoms with E-state index in [1.807, 2.05) is 24.3 Å². The van der Waals surface area contributed by atoms with E-state index in [1.165, 1.54) is 29.2 Å². The summed E-state index contributed by atoms with van der Waals surface area (Å²) in [5.74, 6) is -1.25. The number of aliphatic hydroxyl groups is 1. The quantitative estimate of drug-likeness (QED) is 0.165. The SMILES string of the molecule is CC(C)(C)c1ccc(C2/C(=C(\O)c3cccc([N+](=O)[O-])c3)C(=O)C(=O)N2c2ccc3c(c2)OCCO3)cc1. The number of hydrogen-bond acceptors (Lipinski definition) is 7. The van der Waals surface area contributed by atoms with Crippen molar-refractivity contribution in [1.29, 1.82) is 0 Å². The van der Waals surface area contributed by atoms with Crippen molar-refractivity contribution < 1.29 is 29.1 Å². The lowest BCUT2D eigenvalue weighted by atomic mass is 9.85. The molecule has 2 aliphatic heterocycles. The van der Waals surface area contributed by atoms with Crippen molar-refractivity contribution in [2.24, 2.45) is 0 Å². The zero-order valence-electron chi connectivity index (χ0n) is 21.1. The van der Waals surface area contributed by atoms with Gasteiger partial charge in [0, 0.05) is 29.4 Å². The first-order valence-corrected chi connectivity index (χ1v) is 12.1. The smallest absolute Gasteiger partial charge is 0.300 e. The number of nitro groups is 1. The number of aliphatic hydroxyl groups excluding tert-OH is 1. The lowest BCUT2D eigenvalue weighted by Crippen LogP contribution is -2.29. The first kappa shape index (κ1) is 25.0. The molecule has 0 aromatic heterocycles. The van der Waals surface area contributed by atoms with Crippen molar-refractivity contribution in [2.75, 3.05) is 18.1 Å². The molecule has 1 unspecified atom stereocenters. The molecule has 9 heteroatoms. The monoisotopic (exact) mass is 514 g/mol. The van der Waals surface area contributed by atoms with Crippen LogP contribution in [-0.4, -0.2) is 34.9 Å². The number of ketones is 1. The summed E-state index contributed by atoms with van der Waals surface area (Å²) in [7, 11) is 0. The zero-order valence-corrected chi connectivity index (χ0v) is 21.1. The number of rotatable bonds is 4. The van der Waals surface area contributed by atoms with Crippen molar-refractivity contribution in [1.82, 2.24) is 0 Å². The molecule has 0 radical (unpaired) electrons. The molecule has 0 bridgehead atoms. The minimum atomic E-state index is -0.981. The summed E-state index contributed by atoms with van der Waals surface area (Å²) in [5.41, 5.74) is 1.57. The maximum atomic E-state index is 13.5. The Bertz CT molecular complexity index is 1490. The van der Waals surface area contributed by atoms with E-state index in [-0.39, 0.29) is 22.2 Å². The standard InChI is InChI=1S/C29H26N2O7/c1-29(2,3)19-9-7-17(8-10-19)25-24(26(32)18-5-4-6-21(15-18)31(35)36)27(33)28(34)30(25)20-11-12-22-23(16-20)38-14-13-37-22/h4-12,15-16,25,32H,13-14H2,1-3H3/b26-24+. The van der Waals surface area contributed by atoms with Gasteiger partial charge in [-0.05, 0) is 28.7 Å². The number of hydrogen-bond donors (Lipinski definition) is 1. The molecule has 1 saturated heterocycles. The Morgan fingerprint density at radius 3 is 2.32 bits per heavy atom. The molecule has 9 nitrogen and oxygen atoms in total. The largest absolute Gasteiger partial charge is 0.507 e. The van der Waals surface area contributed by atoms with Crippen LogP contribution in [0.2, 0.25) is 0 Å². The van der Waals surface area contributed by atoms with Crippen LogP contribution in [0, 0.1) is 10.1 Å². The molecule has 3 aromatic rings. The second kappa shape index (κ2) is 9.33. The van der Waals surface area contributed by atoms with E-state index in [0.29, 0.717) is 36.0 Å². The Morgan fingerprint density at radius 2 is 1.66 bits per heavy atom. The molecule has 0 aliphatic carbocycles. The lowest BCUT2D eigenvalue weighted by Gasteiger charge is -2.28. The van der Waals surface area contributed by atoms with Crippen LogP contribution in [0.3, 0.4) is 0 Å². The average molecular weight is 515 g/mol. The number of anilines is 1. The Morgan fingerprint density at radius 1 is 0.974 bits per heavy atom. The number of ether oxygens (including phenoxy) is 2. The van der Waals surface area contributed by atoms with Gasteiger partial charge in [0.05, 0.1) is 16.5 Å². The van der Waals surface area contributed by atoms with Crippen LogP contribution in [0.4, 0.5) is 11.4 Å². The molecule has 1 fully saturated rings. The molecule has 1 amide bonds. The number of amides is 1. The summed E-state index contributed by atoms with van der Waals surface area (Å²) in [6.45, 7) is 6.97. The molecule has 2 heterocycles. The fraction of sp³-hybridized carbons (Fsp3) is 0.241. The highest BCUT2D eigenvalue weighted by atomic mass is 16.6. The van der Waals surface area contributed by atoms with Crippen molar-refractivity contribution >= 4 is 28.8 Å². The predicted molar refractivity (Wildman–Crippen MR) is 140 cm³/mol. The molecular formula is C29H26N2O7. The zero-order chi connectivity index (χ0) is 27.2. The normalized spacial score (nSPS) is 18.5. The summed E-state index contributed by atoms with van der Waals surface area (Å²) in [4.78, 5) is 38.9. The molecule has 0 saturated carbocycles. The maximum absolute atomic E-state index is 13.5. The van der Waals surface area contributed by atoms with E-state index < -0.39 is 28.4 Å². The van der Waals surface area contributed by atoms with Gasteiger partial charge in [-0.1, -0.05) is 57.2 Å². The van der Waals surface area contributed by atoms with Gasteiger partial charge in [-0.15, -0.1) is 0 Å². The fourth-order valence-electron chi connectivity index (χ4n) is 4.68. The lowest BCUT2D eigenvalue weighted by molar-refractivity contribution is -0.384. The summed E-state index contributed by atoms with van der Waals surface area (Å²) >= 11 is 0. The van der Waals surface area contributed by atoms with Gasteiger partial charge >= 0.3 is 0 Å². The second-order valence-electron chi connectivity index (χ2n) is 10.2. The van der Waals surface area contributed by atoms with Crippen molar-refractivity contribution in [3.05, 3.63) is 99.1 Å². The highest BCUT2D eigenvalue weighted by molar-refractivity contribution is 6.51. The van der Waals surface area contributed by atoms with E-state index in [9.17, 15) is 24.8 Å². The Labute approximate surface area is 219 Å². The van der Waals surface area contributed by atoms with Crippen LogP contribution in [0.1, 0.15) is 43.5 Å². The third-order valence-electron chi connectivity index (χ3n) is 6.67. The molecule has 2 aliphatic rings. The number of fused-ring (bicyclic) bond motifs is 1. The molecule has 194 valence electrons. The summed E-state index contributed by atoms with van der Waals surface area (Å²) in [5, 5.41) is 22.6. The van der Waals surface area contributed by atoms with Crippen LogP contribution >= 0.6 is 0 Å². The Kier molecular flexibility index (Phi) is 6.14. The van der Waals surface area contributed by atoms with Crippen LogP contribution in [0.5, 0.6) is 11.5 Å². The molecule has 3 aromatic carbocycles. The molecule has 0 spiro atoms. The molecule has 38 heavy (non-hydrogen) atoms. The second-order valence-corrected chi connectivity index (χ2v) is 10.2. The summed E-state index contributed by atoms with van der Waals surface area (Å²) in [6, 6.07) is 16.8. The van der Waals surface area contributed by atoms with Crippen molar-refractivity contribution in [2.45, 2.75) is 32.2 Å². The topological polar surface area (TPSA) is 119 Å². The minimum Gasteiger partial charge on any atom is -0.507 e. The number of non-ortho nitro benzene ring substituents is 1. The summed E-state index contributed by atoms with van der Waals surface area (Å²) in [6.07, 6.45) is 0. The van der Waals surface area contributed by atoms with E-state index in [2.05, 4.69) is 20.8 Å². The van der Waals surface area contributed by atoms with Gasteiger partial charge < -0.3 is 14.6 Å². The number of Topliss-reactive ketones (excluding diaryl/α,β-unsaturated/α-hetero) is 1. The van der Waals surface area contributed by atoms with E-state index >= 15 is 0 Å². The average Bonchev–Trinajstić information content (AvgIpc) is 3.17. The van der Waals surface area contributed by atoms with E-state index in [4.69, 9.17) is 9.47 Å². The van der Waals surface area contributed by atoms with Gasteiger partial charge in [0.25, 0.3) is 17.4 Å². The van der Waals surface area contributed by atoms with Gasteiger partial charge in [-0.2, -0.15) is 0 Å². The number of nitro benzene ring substituents is 1. The third-order valence-corrected chi connectivity index (χ3v) is 6.67. The van der Waals surface area contributed by atoms with Crippen LogP contribution in [0.15, 0.2) is 72.3 Å². The first-order valence-electron chi connectivity index (χ1n) is 12.1. The van der Waals surface area contributed by atoms with Crippen LogP contribution < -0.4 is 14.4 Å². The van der Waals surface area contributed by atoms with Crippen molar-refractivity contribution in [3.63, 3.8) is 0 Å². The number of carbonyl (C=O) groups is 2. The molecule has 1 atom stereocenters. The summed E-state index contributed by atoms with van der Waals surface area (Å²) < 4.78 is 11.3. The Hall–Kier alpha value is -4.66. The Balaban J connectivity index is 1.69. The molecular weight excluding hydrogens is 488 g/mol. The van der Waals surface area contributed by atoms with E-state index in [1.54, 1.807) is 18.2 Å². The number of benzene rings is 3. The van der Waals surface area contributed by atoms with E-state index in [0.717, 1.165) is 5.56 Å². The maximum Gasteiger partial charge on any atom is 0.300 e. The number of nitrogens with zero attached hydrogens (tertiary/aromatic N) is 2. The highest BCUT2D eigenvalue weighted by Crippen LogP contribution is 2.45.